The van der Waals surface area contributed by atoms with Crippen LogP contribution in [0.2, 0.25) is 0 Å². The van der Waals surface area contributed by atoms with Gasteiger partial charge in [-0.3, -0.25) is 8.37 Å². The highest BCUT2D eigenvalue weighted by molar-refractivity contribution is 7.81. The minimum absolute atomic E-state index is 0. The molecule has 0 radical (unpaired) electrons. The van der Waals surface area contributed by atoms with E-state index in [1.165, 1.54) is 0 Å². The Morgan fingerprint density at radius 1 is 0.780 bits per heavy atom. The van der Waals surface area contributed by atoms with Gasteiger partial charge in [0.1, 0.15) is 0 Å². The average Bonchev–Trinajstić information content (AvgIpc) is 3.15. The summed E-state index contributed by atoms with van der Waals surface area (Å²) in [6, 6.07) is 0.265. The molecule has 17 nitrogen and oxygen atoms in total. The number of ether oxygens (including phenoxy) is 3. The van der Waals surface area contributed by atoms with E-state index in [2.05, 4.69) is 29.1 Å². The highest BCUT2D eigenvalue weighted by Gasteiger charge is 2.33. The highest BCUT2D eigenvalue weighted by atomic mass is 32.3. The van der Waals surface area contributed by atoms with Gasteiger partial charge in [-0.1, -0.05) is 27.7 Å². The maximum absolute atomic E-state index is 10.4. The van der Waals surface area contributed by atoms with Gasteiger partial charge in [0.25, 0.3) is 0 Å². The predicted molar refractivity (Wildman–Crippen MR) is 139 cm³/mol. The van der Waals surface area contributed by atoms with Crippen molar-refractivity contribution in [3.63, 3.8) is 0 Å². The Kier molecular flexibility index (Phi) is 21.6. The zero-order valence-electron chi connectivity index (χ0n) is 23.8. The molecule has 3 aliphatic rings. The lowest BCUT2D eigenvalue weighted by atomic mass is 9.89. The molecule has 9 atom stereocenters. The molecule has 0 aromatic rings. The maximum Gasteiger partial charge on any atom is 0.217 e. The zero-order valence-corrected chi connectivity index (χ0v) is 25.5. The molecule has 9 unspecified atom stereocenters. The van der Waals surface area contributed by atoms with Gasteiger partial charge in [0.15, 0.2) is 0 Å². The van der Waals surface area contributed by atoms with Gasteiger partial charge in [0, 0.05) is 6.04 Å². The normalized spacial score (nSPS) is 33.2. The van der Waals surface area contributed by atoms with Gasteiger partial charge in [-0.05, 0) is 49.9 Å². The van der Waals surface area contributed by atoms with Crippen LogP contribution in [0.4, 0.5) is 0 Å². The lowest BCUT2D eigenvalue weighted by Gasteiger charge is -2.32. The molecule has 250 valence electrons. The second kappa shape index (κ2) is 20.0. The average molecular weight is 645 g/mol. The minimum atomic E-state index is -4.80. The summed E-state index contributed by atoms with van der Waals surface area (Å²) in [5.41, 5.74) is 5.72. The Morgan fingerprint density at radius 3 is 1.76 bits per heavy atom. The first-order valence-electron chi connectivity index (χ1n) is 12.4. The molecule has 0 aliphatic carbocycles. The van der Waals surface area contributed by atoms with Crippen molar-refractivity contribution < 1.29 is 74.8 Å². The van der Waals surface area contributed by atoms with Crippen LogP contribution in [0.1, 0.15) is 53.9 Å². The van der Waals surface area contributed by atoms with Crippen molar-refractivity contribution in [1.29, 1.82) is 0 Å². The van der Waals surface area contributed by atoms with Gasteiger partial charge in [0.2, 0.25) is 20.8 Å². The zero-order chi connectivity index (χ0) is 29.3. The quantitative estimate of drug-likeness (QED) is 0.211. The van der Waals surface area contributed by atoms with Crippen LogP contribution in [-0.2, 0) is 48.2 Å². The number of carboxylic acid groups (broad SMARTS) is 1. The largest absolute Gasteiger partial charge is 0.726 e. The summed E-state index contributed by atoms with van der Waals surface area (Å²) in [6.45, 7) is 10.5. The molecule has 0 aromatic heterocycles. The first-order valence-corrected chi connectivity index (χ1v) is 15.1. The van der Waals surface area contributed by atoms with Gasteiger partial charge in [0.05, 0.1) is 56.8 Å². The molecule has 3 aliphatic heterocycles. The Morgan fingerprint density at radius 2 is 1.32 bits per heavy atom. The van der Waals surface area contributed by atoms with E-state index < -0.39 is 58.3 Å². The van der Waals surface area contributed by atoms with Crippen molar-refractivity contribution in [1.82, 2.24) is 0 Å². The fraction of sp³-hybridized carbons (Fsp3) is 0.955. The van der Waals surface area contributed by atoms with E-state index in [9.17, 15) is 35.8 Å². The van der Waals surface area contributed by atoms with E-state index in [0.717, 1.165) is 13.0 Å². The number of nitrogens with two attached hydrogens (primary N) is 1. The van der Waals surface area contributed by atoms with Crippen LogP contribution in [-0.4, -0.2) is 105 Å². The van der Waals surface area contributed by atoms with E-state index in [-0.39, 0.29) is 28.4 Å². The number of hydrogen-bond acceptors (Lipinski definition) is 14. The number of carbonyl (C=O) groups is 1. The number of carbonyl (C=O) groups excluding carboxylic acids is 1. The molecule has 3 saturated heterocycles. The second-order valence-electron chi connectivity index (χ2n) is 10.2. The molecular formula is C22H46NO16S2-3. The SMILES string of the molecule is CC1CC(C)C(N)CO1.CC1CC(COS(=O)(=O)[O-])OC1COS(=O)(=O)[O-].CC1COC(C(=O)[O-])CC1C.O.O.O. The predicted octanol–water partition coefficient (Wildman–Crippen LogP) is -3.18. The summed E-state index contributed by atoms with van der Waals surface area (Å²) in [4.78, 5) is 10.4. The third-order valence-electron chi connectivity index (χ3n) is 6.80. The molecule has 19 heteroatoms. The topological polar surface area (TPSA) is 321 Å². The summed E-state index contributed by atoms with van der Waals surface area (Å²) < 4.78 is 85.1. The first kappa shape index (κ1) is 44.4. The lowest BCUT2D eigenvalue weighted by Crippen LogP contribution is -2.43. The number of carboxylic acids is 1. The molecule has 0 spiro atoms. The van der Waals surface area contributed by atoms with E-state index in [4.69, 9.17) is 19.9 Å². The molecule has 0 saturated carbocycles. The van der Waals surface area contributed by atoms with Crippen molar-refractivity contribution in [2.75, 3.05) is 26.4 Å². The van der Waals surface area contributed by atoms with Gasteiger partial charge >= 0.3 is 0 Å². The molecule has 8 N–H and O–H groups in total. The third-order valence-corrected chi connectivity index (χ3v) is 7.65. The third kappa shape index (κ3) is 19.0. The summed E-state index contributed by atoms with van der Waals surface area (Å²) >= 11 is 0. The summed E-state index contributed by atoms with van der Waals surface area (Å²) in [6.07, 6.45) is 0.469. The van der Waals surface area contributed by atoms with Crippen molar-refractivity contribution >= 4 is 26.8 Å². The number of rotatable bonds is 7. The van der Waals surface area contributed by atoms with Crippen LogP contribution in [0.25, 0.3) is 0 Å². The highest BCUT2D eigenvalue weighted by Crippen LogP contribution is 2.27. The molecule has 0 aromatic carbocycles. The van der Waals surface area contributed by atoms with E-state index in [1.54, 1.807) is 6.92 Å². The molecular weight excluding hydrogens is 598 g/mol. The standard InChI is InChI=1S/C8H14O3.C7H15NO.C7H14O9S2.3H2O/c1-5-3-7(8(9)10)11-4-6(5)2;1-5-3-6(2)9-4-7(5)8;1-5-2-6(3-14-17(8,9)10)16-7(5)4-15-18(11,12)13;;;/h5-7H,3-4H2,1-2H3,(H,9,10);5-7H,3-4,8H2,1-2H3;5-7H,2-4H2,1H3,(H,8,9,10)(H,11,12,13);3*1H2/p-3. The molecule has 0 bridgehead atoms. The van der Waals surface area contributed by atoms with Crippen molar-refractivity contribution in [3.8, 4) is 0 Å². The summed E-state index contributed by atoms with van der Waals surface area (Å²) in [5, 5.41) is 10.4. The number of hydrogen-bond donors (Lipinski definition) is 1. The van der Waals surface area contributed by atoms with Gasteiger partial charge in [-0.25, -0.2) is 16.8 Å². The summed E-state index contributed by atoms with van der Waals surface area (Å²) in [7, 11) is -9.58. The van der Waals surface area contributed by atoms with Crippen LogP contribution in [0.5, 0.6) is 0 Å². The van der Waals surface area contributed by atoms with Crippen molar-refractivity contribution in [3.05, 3.63) is 0 Å². The Bertz CT molecular complexity index is 934. The Hall–Kier alpha value is -1.07. The smallest absolute Gasteiger partial charge is 0.217 e. The van der Waals surface area contributed by atoms with Crippen molar-refractivity contribution in [2.45, 2.75) is 84.3 Å². The van der Waals surface area contributed by atoms with Crippen LogP contribution in [0.3, 0.4) is 0 Å². The molecule has 3 fully saturated rings. The van der Waals surface area contributed by atoms with Crippen molar-refractivity contribution in [2.24, 2.45) is 29.4 Å². The second-order valence-corrected chi connectivity index (χ2v) is 12.4. The van der Waals surface area contributed by atoms with E-state index in [1.807, 2.05) is 6.92 Å². The Labute approximate surface area is 241 Å². The molecule has 0 amide bonds. The number of aliphatic carboxylic acids is 1. The fourth-order valence-electron chi connectivity index (χ4n) is 4.06. The van der Waals surface area contributed by atoms with Crippen LogP contribution >= 0.6 is 0 Å². The minimum Gasteiger partial charge on any atom is -0.726 e. The van der Waals surface area contributed by atoms with Crippen LogP contribution in [0, 0.1) is 23.7 Å². The van der Waals surface area contributed by atoms with Gasteiger partial charge in [-0.15, -0.1) is 0 Å². The fourth-order valence-corrected chi connectivity index (χ4v) is 4.68. The van der Waals surface area contributed by atoms with E-state index in [0.29, 0.717) is 43.3 Å². The van der Waals surface area contributed by atoms with Crippen LogP contribution in [0.15, 0.2) is 0 Å². The lowest BCUT2D eigenvalue weighted by molar-refractivity contribution is -0.319. The Balaban J connectivity index is -0.000000544. The maximum atomic E-state index is 10.4. The first-order chi connectivity index (χ1) is 17.4. The van der Waals surface area contributed by atoms with E-state index >= 15 is 0 Å². The van der Waals surface area contributed by atoms with Gasteiger partial charge in [-0.2, -0.15) is 0 Å². The van der Waals surface area contributed by atoms with Gasteiger partial charge < -0.3 is 55.4 Å². The monoisotopic (exact) mass is 644 g/mol. The van der Waals surface area contributed by atoms with Crippen LogP contribution < -0.4 is 10.8 Å². The molecule has 3 rings (SSSR count). The molecule has 41 heavy (non-hydrogen) atoms. The molecule has 3 heterocycles. The summed E-state index contributed by atoms with van der Waals surface area (Å²) in [5.74, 6) is 0.282.